The monoisotopic (exact) mass is 473 g/mol. The topological polar surface area (TPSA) is 47.9 Å². The highest BCUT2D eigenvalue weighted by Crippen LogP contribution is 2.26. The Balaban J connectivity index is 1.48. The van der Waals surface area contributed by atoms with Crippen LogP contribution in [-0.2, 0) is 9.53 Å². The first-order chi connectivity index (χ1) is 15.6. The van der Waals surface area contributed by atoms with Gasteiger partial charge in [0.2, 0.25) is 5.90 Å². The number of nitrogens with zero attached hydrogens (tertiary/aromatic N) is 1. The summed E-state index contributed by atoms with van der Waals surface area (Å²) in [5, 5.41) is 0.972. The number of hydrogen-bond donors (Lipinski definition) is 0. The Morgan fingerprint density at radius 3 is 2.31 bits per heavy atom. The summed E-state index contributed by atoms with van der Waals surface area (Å²) in [5.41, 5.74) is 1.56. The van der Waals surface area contributed by atoms with E-state index in [0.717, 1.165) is 12.2 Å². The molecule has 0 N–H and O–H groups in total. The predicted molar refractivity (Wildman–Crippen MR) is 132 cm³/mol. The van der Waals surface area contributed by atoms with E-state index in [-0.39, 0.29) is 11.6 Å². The van der Waals surface area contributed by atoms with Gasteiger partial charge in [-0.15, -0.1) is 0 Å². The molecule has 0 atom stereocenters. The van der Waals surface area contributed by atoms with Crippen molar-refractivity contribution in [2.75, 3.05) is 6.61 Å². The lowest BCUT2D eigenvalue weighted by Gasteiger charge is -2.07. The molecule has 4 nitrogen and oxygen atoms in total. The van der Waals surface area contributed by atoms with Crippen molar-refractivity contribution in [3.63, 3.8) is 0 Å². The molecule has 1 aliphatic heterocycles. The lowest BCUT2D eigenvalue weighted by molar-refractivity contribution is -0.129. The van der Waals surface area contributed by atoms with Gasteiger partial charge in [-0.3, -0.25) is 0 Å². The molecule has 0 aliphatic carbocycles. The Kier molecular flexibility index (Phi) is 9.63. The van der Waals surface area contributed by atoms with E-state index in [1.807, 2.05) is 24.3 Å². The molecular weight excluding hydrogens is 445 g/mol. The summed E-state index contributed by atoms with van der Waals surface area (Å²) >= 11 is 12.1. The molecule has 0 saturated heterocycles. The van der Waals surface area contributed by atoms with E-state index in [1.54, 1.807) is 24.3 Å². The zero-order chi connectivity index (χ0) is 22.8. The van der Waals surface area contributed by atoms with Crippen molar-refractivity contribution in [1.82, 2.24) is 0 Å². The minimum atomic E-state index is -0.513. The minimum Gasteiger partial charge on any atom is -0.494 e. The van der Waals surface area contributed by atoms with Crippen LogP contribution in [0.15, 0.2) is 53.2 Å². The second-order valence-electron chi connectivity index (χ2n) is 7.85. The molecule has 170 valence electrons. The first-order valence-electron chi connectivity index (χ1n) is 11.3. The van der Waals surface area contributed by atoms with Gasteiger partial charge in [0.05, 0.1) is 6.61 Å². The number of unbranched alkanes of at least 4 members (excludes halogenated alkanes) is 7. The lowest BCUT2D eigenvalue weighted by atomic mass is 10.1. The van der Waals surface area contributed by atoms with Crippen LogP contribution in [0.5, 0.6) is 5.75 Å². The number of cyclic esters (lactones) is 1. The largest absolute Gasteiger partial charge is 0.494 e. The molecule has 2 aromatic rings. The molecule has 0 unspecified atom stereocenters. The number of halogens is 2. The second kappa shape index (κ2) is 12.7. The fourth-order valence-electron chi connectivity index (χ4n) is 3.42. The van der Waals surface area contributed by atoms with Crippen LogP contribution in [-0.4, -0.2) is 18.5 Å². The molecule has 0 radical (unpaired) electrons. The lowest BCUT2D eigenvalue weighted by Crippen LogP contribution is -2.05. The number of carbonyl (C=O) groups is 1. The molecule has 6 heteroatoms. The molecule has 0 bridgehead atoms. The van der Waals surface area contributed by atoms with E-state index in [2.05, 4.69) is 11.9 Å². The van der Waals surface area contributed by atoms with E-state index in [1.165, 1.54) is 44.9 Å². The molecule has 2 aromatic carbocycles. The van der Waals surface area contributed by atoms with Gasteiger partial charge in [-0.05, 0) is 54.5 Å². The summed E-state index contributed by atoms with van der Waals surface area (Å²) in [6.45, 7) is 2.95. The third-order valence-electron chi connectivity index (χ3n) is 5.24. The number of hydrogen-bond acceptors (Lipinski definition) is 4. The molecule has 0 amide bonds. The van der Waals surface area contributed by atoms with Gasteiger partial charge in [0.1, 0.15) is 5.75 Å². The quantitative estimate of drug-likeness (QED) is 0.179. The van der Waals surface area contributed by atoms with Crippen LogP contribution in [0.2, 0.25) is 10.0 Å². The normalized spacial score (nSPS) is 14.5. The number of benzene rings is 2. The van der Waals surface area contributed by atoms with E-state index in [4.69, 9.17) is 32.7 Å². The van der Waals surface area contributed by atoms with Crippen LogP contribution >= 0.6 is 23.2 Å². The van der Waals surface area contributed by atoms with Gasteiger partial charge in [0.15, 0.2) is 5.70 Å². The van der Waals surface area contributed by atoms with E-state index in [9.17, 15) is 4.79 Å². The van der Waals surface area contributed by atoms with Crippen molar-refractivity contribution in [2.24, 2.45) is 4.99 Å². The molecule has 1 aliphatic rings. The number of carbonyl (C=O) groups excluding carboxylic acids is 1. The highest BCUT2D eigenvalue weighted by Gasteiger charge is 2.24. The smallest absolute Gasteiger partial charge is 0.363 e. The van der Waals surface area contributed by atoms with Crippen molar-refractivity contribution in [2.45, 2.75) is 58.3 Å². The first kappa shape index (κ1) is 24.3. The molecule has 0 aromatic heterocycles. The fourth-order valence-corrected chi connectivity index (χ4v) is 3.88. The summed E-state index contributed by atoms with van der Waals surface area (Å²) in [6, 6.07) is 12.5. The summed E-state index contributed by atoms with van der Waals surface area (Å²) in [6.07, 6.45) is 11.8. The number of rotatable bonds is 12. The fraction of sp³-hybridized carbons (Fsp3) is 0.385. The van der Waals surface area contributed by atoms with Crippen molar-refractivity contribution in [1.29, 1.82) is 0 Å². The Morgan fingerprint density at radius 2 is 1.62 bits per heavy atom. The van der Waals surface area contributed by atoms with Gasteiger partial charge in [-0.25, -0.2) is 9.79 Å². The average molecular weight is 474 g/mol. The SMILES string of the molecule is CCCCCCCCCCOc1ccc(C2=N/C(=C\c3ccc(Cl)cc3Cl)C(=O)O2)cc1. The van der Waals surface area contributed by atoms with Crippen LogP contribution in [0.3, 0.4) is 0 Å². The Bertz CT molecular complexity index is 968. The first-order valence-corrected chi connectivity index (χ1v) is 12.0. The molecule has 0 fully saturated rings. The van der Waals surface area contributed by atoms with E-state index in [0.29, 0.717) is 27.8 Å². The Hall–Kier alpha value is -2.30. The van der Waals surface area contributed by atoms with Crippen LogP contribution in [0, 0.1) is 0 Å². The van der Waals surface area contributed by atoms with Crippen LogP contribution in [0.4, 0.5) is 0 Å². The zero-order valence-electron chi connectivity index (χ0n) is 18.4. The van der Waals surface area contributed by atoms with Gasteiger partial charge < -0.3 is 9.47 Å². The van der Waals surface area contributed by atoms with Crippen molar-refractivity contribution in [3.8, 4) is 5.75 Å². The van der Waals surface area contributed by atoms with Crippen LogP contribution < -0.4 is 4.74 Å². The molecular formula is C26H29Cl2NO3. The molecule has 1 heterocycles. The van der Waals surface area contributed by atoms with Gasteiger partial charge in [0, 0.05) is 15.6 Å². The molecule has 32 heavy (non-hydrogen) atoms. The summed E-state index contributed by atoms with van der Waals surface area (Å²) in [4.78, 5) is 16.5. The van der Waals surface area contributed by atoms with Gasteiger partial charge in [-0.2, -0.15) is 0 Å². The summed E-state index contributed by atoms with van der Waals surface area (Å²) in [7, 11) is 0. The maximum absolute atomic E-state index is 12.2. The maximum Gasteiger partial charge on any atom is 0.363 e. The highest BCUT2D eigenvalue weighted by atomic mass is 35.5. The molecule has 0 saturated carbocycles. The second-order valence-corrected chi connectivity index (χ2v) is 8.69. The molecule has 0 spiro atoms. The van der Waals surface area contributed by atoms with Crippen molar-refractivity contribution >= 4 is 41.1 Å². The van der Waals surface area contributed by atoms with Crippen LogP contribution in [0.1, 0.15) is 69.4 Å². The number of esters is 1. The number of aliphatic imine (C=N–C) groups is 1. The van der Waals surface area contributed by atoms with E-state index < -0.39 is 5.97 Å². The van der Waals surface area contributed by atoms with E-state index >= 15 is 0 Å². The summed E-state index contributed by atoms with van der Waals surface area (Å²) < 4.78 is 11.2. The van der Waals surface area contributed by atoms with Gasteiger partial charge in [-0.1, -0.05) is 81.1 Å². The van der Waals surface area contributed by atoms with Crippen molar-refractivity contribution in [3.05, 3.63) is 69.3 Å². The average Bonchev–Trinajstić information content (AvgIpc) is 3.15. The zero-order valence-corrected chi connectivity index (χ0v) is 19.9. The third kappa shape index (κ3) is 7.39. The molecule has 3 rings (SSSR count). The highest BCUT2D eigenvalue weighted by molar-refractivity contribution is 6.35. The summed E-state index contributed by atoms with van der Waals surface area (Å²) in [5.74, 6) is 0.548. The van der Waals surface area contributed by atoms with Gasteiger partial charge >= 0.3 is 5.97 Å². The minimum absolute atomic E-state index is 0.194. The number of ether oxygens (including phenoxy) is 2. The third-order valence-corrected chi connectivity index (χ3v) is 5.81. The van der Waals surface area contributed by atoms with Crippen molar-refractivity contribution < 1.29 is 14.3 Å². The van der Waals surface area contributed by atoms with Crippen LogP contribution in [0.25, 0.3) is 6.08 Å². The Labute approximate surface area is 200 Å². The van der Waals surface area contributed by atoms with Gasteiger partial charge in [0.25, 0.3) is 0 Å². The standard InChI is InChI=1S/C26H29Cl2NO3/c1-2-3-4-5-6-7-8-9-16-31-22-14-11-19(12-15-22)25-29-24(26(30)32-25)17-20-10-13-21(27)18-23(20)28/h10-15,17-18H,2-9,16H2,1H3/b24-17-. The Morgan fingerprint density at radius 1 is 0.938 bits per heavy atom. The maximum atomic E-state index is 12.2. The predicted octanol–water partition coefficient (Wildman–Crippen LogP) is 7.86.